The van der Waals surface area contributed by atoms with Crippen LogP contribution in [0.4, 0.5) is 10.5 Å². The van der Waals surface area contributed by atoms with Gasteiger partial charge in [0.25, 0.3) is 0 Å². The second-order valence-corrected chi connectivity index (χ2v) is 5.35. The van der Waals surface area contributed by atoms with Crippen molar-refractivity contribution >= 4 is 23.3 Å². The SMILES string of the molecule is O=C(Nc1cnn(-c2ccccc2Cl)c1)N1CC[C@H](O)C1. The third kappa shape index (κ3) is 3.01. The van der Waals surface area contributed by atoms with E-state index in [2.05, 4.69) is 10.4 Å². The maximum absolute atomic E-state index is 12.0. The van der Waals surface area contributed by atoms with Crippen molar-refractivity contribution in [2.24, 2.45) is 0 Å². The highest BCUT2D eigenvalue weighted by Crippen LogP contribution is 2.20. The molecule has 1 aliphatic rings. The number of carbonyl (C=O) groups excluding carboxylic acids is 1. The fourth-order valence-electron chi connectivity index (χ4n) is 2.29. The summed E-state index contributed by atoms with van der Waals surface area (Å²) >= 11 is 6.11. The van der Waals surface area contributed by atoms with Crippen molar-refractivity contribution in [1.29, 1.82) is 0 Å². The van der Waals surface area contributed by atoms with E-state index in [9.17, 15) is 9.90 Å². The zero-order valence-electron chi connectivity index (χ0n) is 11.2. The van der Waals surface area contributed by atoms with Gasteiger partial charge in [0.1, 0.15) is 0 Å². The number of hydrogen-bond donors (Lipinski definition) is 2. The first-order chi connectivity index (χ1) is 10.1. The molecule has 1 atom stereocenters. The summed E-state index contributed by atoms with van der Waals surface area (Å²) in [5.74, 6) is 0. The highest BCUT2D eigenvalue weighted by atomic mass is 35.5. The molecule has 2 aromatic rings. The Morgan fingerprint density at radius 3 is 2.95 bits per heavy atom. The van der Waals surface area contributed by atoms with Crippen LogP contribution in [0.2, 0.25) is 5.02 Å². The maximum Gasteiger partial charge on any atom is 0.322 e. The molecule has 21 heavy (non-hydrogen) atoms. The largest absolute Gasteiger partial charge is 0.391 e. The number of hydrogen-bond acceptors (Lipinski definition) is 3. The quantitative estimate of drug-likeness (QED) is 0.893. The fourth-order valence-corrected chi connectivity index (χ4v) is 2.51. The lowest BCUT2D eigenvalue weighted by Crippen LogP contribution is -2.33. The summed E-state index contributed by atoms with van der Waals surface area (Å²) in [7, 11) is 0. The first-order valence-corrected chi connectivity index (χ1v) is 7.05. The molecule has 2 amide bonds. The molecule has 6 nitrogen and oxygen atoms in total. The van der Waals surface area contributed by atoms with Crippen LogP contribution in [0.25, 0.3) is 5.69 Å². The van der Waals surface area contributed by atoms with Crippen LogP contribution < -0.4 is 5.32 Å². The lowest BCUT2D eigenvalue weighted by molar-refractivity contribution is 0.176. The Kier molecular flexibility index (Phi) is 3.81. The summed E-state index contributed by atoms with van der Waals surface area (Å²) < 4.78 is 1.61. The number of nitrogens with zero attached hydrogens (tertiary/aromatic N) is 3. The molecule has 1 fully saturated rings. The molecule has 0 aliphatic carbocycles. The second-order valence-electron chi connectivity index (χ2n) is 4.94. The standard InChI is InChI=1S/C14H15ClN4O2/c15-12-3-1-2-4-13(12)19-8-10(7-16-19)17-14(21)18-6-5-11(20)9-18/h1-4,7-8,11,20H,5-6,9H2,(H,17,21)/t11-/m0/s1. The van der Waals surface area contributed by atoms with Crippen molar-refractivity contribution < 1.29 is 9.90 Å². The van der Waals surface area contributed by atoms with Crippen LogP contribution in [0.1, 0.15) is 6.42 Å². The van der Waals surface area contributed by atoms with Gasteiger partial charge in [0.15, 0.2) is 0 Å². The predicted octanol–water partition coefficient (Wildman–Crippen LogP) is 2.12. The molecule has 1 aromatic heterocycles. The molecule has 0 bridgehead atoms. The van der Waals surface area contributed by atoms with Gasteiger partial charge < -0.3 is 15.3 Å². The summed E-state index contributed by atoms with van der Waals surface area (Å²) in [6.45, 7) is 0.927. The van der Waals surface area contributed by atoms with Crippen LogP contribution in [-0.4, -0.2) is 45.0 Å². The topological polar surface area (TPSA) is 70.4 Å². The minimum atomic E-state index is -0.429. The minimum absolute atomic E-state index is 0.231. The van der Waals surface area contributed by atoms with Gasteiger partial charge >= 0.3 is 6.03 Å². The Labute approximate surface area is 126 Å². The average molecular weight is 307 g/mol. The number of likely N-dealkylation sites (tertiary alicyclic amines) is 1. The van der Waals surface area contributed by atoms with Gasteiger partial charge in [0, 0.05) is 13.1 Å². The number of rotatable bonds is 2. The van der Waals surface area contributed by atoms with E-state index in [-0.39, 0.29) is 6.03 Å². The number of benzene rings is 1. The Morgan fingerprint density at radius 1 is 1.43 bits per heavy atom. The number of halogens is 1. The number of β-amino-alcohol motifs (C(OH)–C–C–N with tert-alkyl or cyclic N) is 1. The summed E-state index contributed by atoms with van der Waals surface area (Å²) in [6, 6.07) is 7.11. The Bertz CT molecular complexity index is 658. The van der Waals surface area contributed by atoms with E-state index in [0.717, 1.165) is 5.69 Å². The van der Waals surface area contributed by atoms with E-state index in [1.54, 1.807) is 28.0 Å². The molecule has 1 aromatic carbocycles. The molecule has 110 valence electrons. The molecular weight excluding hydrogens is 292 g/mol. The molecule has 0 radical (unpaired) electrons. The van der Waals surface area contributed by atoms with Gasteiger partial charge in [-0.05, 0) is 18.6 Å². The number of aromatic nitrogens is 2. The molecule has 0 unspecified atom stereocenters. The number of anilines is 1. The van der Waals surface area contributed by atoms with Crippen molar-refractivity contribution in [3.63, 3.8) is 0 Å². The highest BCUT2D eigenvalue weighted by molar-refractivity contribution is 6.32. The van der Waals surface area contributed by atoms with Crippen LogP contribution in [0, 0.1) is 0 Å². The molecule has 0 spiro atoms. The van der Waals surface area contributed by atoms with E-state index >= 15 is 0 Å². The Morgan fingerprint density at radius 2 is 2.24 bits per heavy atom. The number of carbonyl (C=O) groups is 1. The normalized spacial score (nSPS) is 18.0. The van der Waals surface area contributed by atoms with Crippen molar-refractivity contribution in [3.8, 4) is 5.69 Å². The van der Waals surface area contributed by atoms with Crippen LogP contribution in [0.5, 0.6) is 0 Å². The Balaban J connectivity index is 1.71. The van der Waals surface area contributed by atoms with E-state index < -0.39 is 6.10 Å². The number of para-hydroxylation sites is 1. The van der Waals surface area contributed by atoms with Crippen LogP contribution >= 0.6 is 11.6 Å². The summed E-state index contributed by atoms with van der Waals surface area (Å²) in [4.78, 5) is 13.6. The zero-order valence-corrected chi connectivity index (χ0v) is 12.0. The first-order valence-electron chi connectivity index (χ1n) is 6.67. The van der Waals surface area contributed by atoms with E-state index in [1.807, 2.05) is 18.2 Å². The third-order valence-electron chi connectivity index (χ3n) is 3.38. The zero-order chi connectivity index (χ0) is 14.8. The molecule has 0 saturated carbocycles. The Hall–Kier alpha value is -2.05. The lowest BCUT2D eigenvalue weighted by atomic mass is 10.3. The molecule has 1 saturated heterocycles. The summed E-state index contributed by atoms with van der Waals surface area (Å²) in [5, 5.41) is 17.0. The monoisotopic (exact) mass is 306 g/mol. The molecule has 7 heteroatoms. The average Bonchev–Trinajstić information content (AvgIpc) is 3.08. The van der Waals surface area contributed by atoms with Gasteiger partial charge in [-0.25, -0.2) is 9.48 Å². The number of aliphatic hydroxyl groups is 1. The van der Waals surface area contributed by atoms with Gasteiger partial charge in [-0.15, -0.1) is 0 Å². The summed E-state index contributed by atoms with van der Waals surface area (Å²) in [5.41, 5.74) is 1.33. The predicted molar refractivity (Wildman–Crippen MR) is 79.8 cm³/mol. The van der Waals surface area contributed by atoms with Crippen LogP contribution in [0.15, 0.2) is 36.7 Å². The highest BCUT2D eigenvalue weighted by Gasteiger charge is 2.24. The van der Waals surface area contributed by atoms with Crippen molar-refractivity contribution in [1.82, 2.24) is 14.7 Å². The van der Waals surface area contributed by atoms with Crippen LogP contribution in [-0.2, 0) is 0 Å². The minimum Gasteiger partial charge on any atom is -0.391 e. The van der Waals surface area contributed by atoms with Gasteiger partial charge in [0.05, 0.1) is 34.9 Å². The van der Waals surface area contributed by atoms with Crippen molar-refractivity contribution in [2.75, 3.05) is 18.4 Å². The van der Waals surface area contributed by atoms with Gasteiger partial charge in [-0.1, -0.05) is 23.7 Å². The number of aliphatic hydroxyl groups excluding tert-OH is 1. The summed E-state index contributed by atoms with van der Waals surface area (Å²) in [6.07, 6.45) is 3.45. The first kappa shape index (κ1) is 13.9. The number of urea groups is 1. The third-order valence-corrected chi connectivity index (χ3v) is 3.70. The van der Waals surface area contributed by atoms with Crippen molar-refractivity contribution in [3.05, 3.63) is 41.7 Å². The van der Waals surface area contributed by atoms with E-state index in [1.165, 1.54) is 0 Å². The molecule has 3 rings (SSSR count). The van der Waals surface area contributed by atoms with Gasteiger partial charge in [-0.3, -0.25) is 0 Å². The fraction of sp³-hybridized carbons (Fsp3) is 0.286. The lowest BCUT2D eigenvalue weighted by Gasteiger charge is -2.15. The molecule has 2 heterocycles. The van der Waals surface area contributed by atoms with Crippen molar-refractivity contribution in [2.45, 2.75) is 12.5 Å². The van der Waals surface area contributed by atoms with E-state index in [0.29, 0.717) is 30.2 Å². The van der Waals surface area contributed by atoms with Gasteiger partial charge in [0.2, 0.25) is 0 Å². The van der Waals surface area contributed by atoms with Gasteiger partial charge in [-0.2, -0.15) is 5.10 Å². The molecule has 2 N–H and O–H groups in total. The number of nitrogens with one attached hydrogen (secondary N) is 1. The molecule has 1 aliphatic heterocycles. The number of amides is 2. The van der Waals surface area contributed by atoms with E-state index in [4.69, 9.17) is 11.6 Å². The second kappa shape index (κ2) is 5.75. The molecular formula is C14H15ClN4O2. The smallest absolute Gasteiger partial charge is 0.322 e. The van der Waals surface area contributed by atoms with Crippen LogP contribution in [0.3, 0.4) is 0 Å². The maximum atomic E-state index is 12.0.